The molecule has 0 unspecified atom stereocenters. The first kappa shape index (κ1) is 18.5. The van der Waals surface area contributed by atoms with Gasteiger partial charge in [-0.25, -0.2) is 4.79 Å². The minimum atomic E-state index is -0.627. The Morgan fingerprint density at radius 1 is 1.24 bits per heavy atom. The van der Waals surface area contributed by atoms with Crippen molar-refractivity contribution < 1.29 is 14.3 Å². The maximum Gasteiger partial charge on any atom is 0.329 e. The largest absolute Gasteiger partial charge is 0.454 e. The van der Waals surface area contributed by atoms with Crippen LogP contribution in [0.2, 0.25) is 0 Å². The number of esters is 1. The van der Waals surface area contributed by atoms with Gasteiger partial charge in [-0.3, -0.25) is 18.7 Å². The minimum absolute atomic E-state index is 0.236. The molecular formula is C18H23N3O4. The topological polar surface area (TPSA) is 73.5 Å². The molecule has 1 amide bonds. The molecule has 1 heterocycles. The first-order chi connectivity index (χ1) is 11.8. The van der Waals surface area contributed by atoms with Crippen molar-refractivity contribution in [1.29, 1.82) is 0 Å². The van der Waals surface area contributed by atoms with Gasteiger partial charge >= 0.3 is 11.7 Å². The van der Waals surface area contributed by atoms with Crippen LogP contribution >= 0.6 is 0 Å². The Morgan fingerprint density at radius 3 is 2.48 bits per heavy atom. The monoisotopic (exact) mass is 345 g/mol. The summed E-state index contributed by atoms with van der Waals surface area (Å²) in [6.07, 6.45) is 0. The van der Waals surface area contributed by atoms with E-state index in [1.807, 2.05) is 19.9 Å². The first-order valence-corrected chi connectivity index (χ1v) is 8.07. The molecule has 7 nitrogen and oxygen atoms in total. The second kappa shape index (κ2) is 7.83. The molecule has 0 saturated heterocycles. The Hall–Kier alpha value is -2.83. The van der Waals surface area contributed by atoms with Gasteiger partial charge in [-0.2, -0.15) is 0 Å². The lowest BCUT2D eigenvalue weighted by molar-refractivity contribution is -0.152. The number of ether oxygens (including phenoxy) is 1. The van der Waals surface area contributed by atoms with E-state index in [1.165, 1.54) is 9.13 Å². The molecule has 25 heavy (non-hydrogen) atoms. The smallest absolute Gasteiger partial charge is 0.329 e. The molecule has 7 heteroatoms. The summed E-state index contributed by atoms with van der Waals surface area (Å²) < 4.78 is 7.87. The predicted molar refractivity (Wildman–Crippen MR) is 95.2 cm³/mol. The number of carbonyl (C=O) groups is 2. The zero-order chi connectivity index (χ0) is 18.6. The van der Waals surface area contributed by atoms with Crippen LogP contribution in [0.25, 0.3) is 11.0 Å². The highest BCUT2D eigenvalue weighted by atomic mass is 16.5. The zero-order valence-corrected chi connectivity index (χ0v) is 14.8. The molecule has 2 aromatic rings. The molecule has 134 valence electrons. The molecule has 0 aliphatic rings. The number of hydrogen-bond acceptors (Lipinski definition) is 4. The van der Waals surface area contributed by atoms with E-state index in [0.29, 0.717) is 18.6 Å². The van der Waals surface area contributed by atoms with Crippen molar-refractivity contribution in [3.63, 3.8) is 0 Å². The van der Waals surface area contributed by atoms with E-state index in [4.69, 9.17) is 4.74 Å². The Balaban J connectivity index is 2.04. The van der Waals surface area contributed by atoms with Gasteiger partial charge in [0.2, 0.25) is 0 Å². The lowest BCUT2D eigenvalue weighted by Gasteiger charge is -2.20. The van der Waals surface area contributed by atoms with E-state index in [9.17, 15) is 14.4 Å². The average molecular weight is 345 g/mol. The highest BCUT2D eigenvalue weighted by Crippen LogP contribution is 2.11. The van der Waals surface area contributed by atoms with Gasteiger partial charge in [0.25, 0.3) is 5.91 Å². The van der Waals surface area contributed by atoms with Gasteiger partial charge in [0.15, 0.2) is 6.61 Å². The summed E-state index contributed by atoms with van der Waals surface area (Å²) in [6, 6.07) is 7.19. The molecule has 0 aliphatic heterocycles. The minimum Gasteiger partial charge on any atom is -0.454 e. The highest BCUT2D eigenvalue weighted by Gasteiger charge is 2.17. The summed E-state index contributed by atoms with van der Waals surface area (Å²) in [7, 11) is 1.65. The van der Waals surface area contributed by atoms with E-state index >= 15 is 0 Å². The van der Waals surface area contributed by atoms with Crippen LogP contribution in [0.3, 0.4) is 0 Å². The number of fused-ring (bicyclic) bond motifs is 1. The summed E-state index contributed by atoms with van der Waals surface area (Å²) in [5.41, 5.74) is 1.93. The standard InChI is InChI=1S/C18H23N3O4/c1-5-20(10-13(2)3)16(22)12-25-17(23)11-21-15-9-7-6-8-14(15)19(4)18(21)24/h6-9H,2,5,10-12H2,1,3-4H3. The zero-order valence-electron chi connectivity index (χ0n) is 14.8. The molecule has 0 N–H and O–H groups in total. The maximum absolute atomic E-state index is 12.3. The maximum atomic E-state index is 12.3. The fraction of sp³-hybridized carbons (Fsp3) is 0.389. The number of nitrogens with zero attached hydrogens (tertiary/aromatic N) is 3. The van der Waals surface area contributed by atoms with Crippen LogP contribution in [0.1, 0.15) is 13.8 Å². The Kier molecular flexibility index (Phi) is 5.80. The summed E-state index contributed by atoms with van der Waals surface area (Å²) in [5, 5.41) is 0. The molecule has 0 fully saturated rings. The number of para-hydroxylation sites is 2. The molecule has 0 saturated carbocycles. The van der Waals surface area contributed by atoms with Crippen molar-refractivity contribution in [2.45, 2.75) is 20.4 Å². The molecule has 0 atom stereocenters. The van der Waals surface area contributed by atoms with Crippen LogP contribution in [0.5, 0.6) is 0 Å². The normalized spacial score (nSPS) is 10.7. The lowest BCUT2D eigenvalue weighted by Crippen LogP contribution is -2.36. The number of carbonyl (C=O) groups excluding carboxylic acids is 2. The van der Waals surface area contributed by atoms with E-state index in [0.717, 1.165) is 11.1 Å². The fourth-order valence-corrected chi connectivity index (χ4v) is 2.63. The van der Waals surface area contributed by atoms with Crippen molar-refractivity contribution in [3.05, 3.63) is 46.9 Å². The second-order valence-electron chi connectivity index (χ2n) is 5.94. The Bertz CT molecular complexity index is 863. The molecule has 0 aliphatic carbocycles. The Morgan fingerprint density at radius 2 is 1.88 bits per heavy atom. The van der Waals surface area contributed by atoms with E-state index in [-0.39, 0.29) is 24.7 Å². The second-order valence-corrected chi connectivity index (χ2v) is 5.94. The number of benzene rings is 1. The van der Waals surface area contributed by atoms with Gasteiger partial charge in [0.05, 0.1) is 11.0 Å². The third kappa shape index (κ3) is 4.17. The van der Waals surface area contributed by atoms with E-state index in [1.54, 1.807) is 30.1 Å². The highest BCUT2D eigenvalue weighted by molar-refractivity contribution is 5.82. The number of aromatic nitrogens is 2. The molecule has 0 bridgehead atoms. The number of likely N-dealkylation sites (N-methyl/N-ethyl adjacent to an activating group) is 1. The first-order valence-electron chi connectivity index (χ1n) is 8.07. The van der Waals surface area contributed by atoms with Crippen molar-refractivity contribution in [1.82, 2.24) is 14.0 Å². The molecule has 2 rings (SSSR count). The molecule has 0 spiro atoms. The van der Waals surface area contributed by atoms with Gasteiger partial charge in [0.1, 0.15) is 6.54 Å². The Labute approximate surface area is 146 Å². The van der Waals surface area contributed by atoms with Gasteiger partial charge in [-0.1, -0.05) is 24.3 Å². The predicted octanol–water partition coefficient (Wildman–Crippen LogP) is 1.31. The lowest BCUT2D eigenvalue weighted by atomic mass is 10.3. The van der Waals surface area contributed by atoms with Crippen molar-refractivity contribution in [3.8, 4) is 0 Å². The number of rotatable bonds is 7. The van der Waals surface area contributed by atoms with Crippen LogP contribution < -0.4 is 5.69 Å². The van der Waals surface area contributed by atoms with E-state index in [2.05, 4.69) is 6.58 Å². The summed E-state index contributed by atoms with van der Waals surface area (Å²) >= 11 is 0. The number of imidazole rings is 1. The summed E-state index contributed by atoms with van der Waals surface area (Å²) in [5.74, 6) is -0.915. The third-order valence-electron chi connectivity index (χ3n) is 3.89. The van der Waals surface area contributed by atoms with Crippen LogP contribution in [0.15, 0.2) is 41.2 Å². The molecule has 1 aromatic carbocycles. The number of aryl methyl sites for hydroxylation is 1. The summed E-state index contributed by atoms with van der Waals surface area (Å²) in [6.45, 7) is 7.80. The molecular weight excluding hydrogens is 322 g/mol. The molecule has 1 aromatic heterocycles. The van der Waals surface area contributed by atoms with Crippen molar-refractivity contribution in [2.75, 3.05) is 19.7 Å². The van der Waals surface area contributed by atoms with Crippen LogP contribution in [-0.4, -0.2) is 45.6 Å². The van der Waals surface area contributed by atoms with Crippen LogP contribution in [0.4, 0.5) is 0 Å². The van der Waals surface area contributed by atoms with Crippen molar-refractivity contribution >= 4 is 22.9 Å². The quantitative estimate of drug-likeness (QED) is 0.560. The van der Waals surface area contributed by atoms with Gasteiger partial charge in [-0.15, -0.1) is 0 Å². The number of amides is 1. The fourth-order valence-electron chi connectivity index (χ4n) is 2.63. The van der Waals surface area contributed by atoms with Gasteiger partial charge < -0.3 is 9.64 Å². The average Bonchev–Trinajstić information content (AvgIpc) is 2.82. The van der Waals surface area contributed by atoms with Crippen molar-refractivity contribution in [2.24, 2.45) is 7.05 Å². The van der Waals surface area contributed by atoms with Crippen LogP contribution in [0, 0.1) is 0 Å². The third-order valence-corrected chi connectivity index (χ3v) is 3.89. The van der Waals surface area contributed by atoms with Gasteiger partial charge in [-0.05, 0) is 26.0 Å². The number of hydrogen-bond donors (Lipinski definition) is 0. The van der Waals surface area contributed by atoms with Crippen LogP contribution in [-0.2, 0) is 27.9 Å². The molecule has 0 radical (unpaired) electrons. The van der Waals surface area contributed by atoms with E-state index < -0.39 is 5.97 Å². The summed E-state index contributed by atoms with van der Waals surface area (Å²) in [4.78, 5) is 38.0. The van der Waals surface area contributed by atoms with Gasteiger partial charge in [0, 0.05) is 20.1 Å². The SMILES string of the molecule is C=C(C)CN(CC)C(=O)COC(=O)Cn1c(=O)n(C)c2ccccc21.